The molecule has 3 rings (SSSR count). The van der Waals surface area contributed by atoms with Gasteiger partial charge < -0.3 is 4.74 Å². The molecule has 0 radical (unpaired) electrons. The fourth-order valence-corrected chi connectivity index (χ4v) is 4.80. The van der Waals surface area contributed by atoms with Crippen molar-refractivity contribution in [3.8, 4) is 0 Å². The minimum Gasteiger partial charge on any atom is -0.372 e. The van der Waals surface area contributed by atoms with E-state index in [0.717, 1.165) is 21.5 Å². The van der Waals surface area contributed by atoms with Gasteiger partial charge in [0.1, 0.15) is 0 Å². The minimum atomic E-state index is 0.232. The number of rotatable bonds is 2. The number of hydrogen-bond acceptors (Lipinski definition) is 2. The summed E-state index contributed by atoms with van der Waals surface area (Å²) in [6, 6.07) is 8.74. The molecule has 0 N–H and O–H groups in total. The van der Waals surface area contributed by atoms with Gasteiger partial charge >= 0.3 is 0 Å². The highest BCUT2D eigenvalue weighted by Crippen LogP contribution is 2.41. The van der Waals surface area contributed by atoms with E-state index >= 15 is 0 Å². The Labute approximate surface area is 135 Å². The van der Waals surface area contributed by atoms with Crippen LogP contribution in [0.5, 0.6) is 0 Å². The van der Waals surface area contributed by atoms with Crippen LogP contribution in [-0.2, 0) is 18.0 Å². The molecule has 0 saturated heterocycles. The molecule has 94 valence electrons. The second-order valence-corrected chi connectivity index (χ2v) is 8.33. The number of alkyl halides is 1. The SMILES string of the molecule is Brc1cc(C(Br)c2ccc3c(c2)COC3)sc1Br. The van der Waals surface area contributed by atoms with E-state index in [1.54, 1.807) is 11.3 Å². The summed E-state index contributed by atoms with van der Waals surface area (Å²) in [7, 11) is 0. The summed E-state index contributed by atoms with van der Waals surface area (Å²) in [5.74, 6) is 0. The number of hydrogen-bond donors (Lipinski definition) is 0. The number of halogens is 3. The highest BCUT2D eigenvalue weighted by atomic mass is 79.9. The van der Waals surface area contributed by atoms with Crippen LogP contribution in [0.4, 0.5) is 0 Å². The molecule has 2 heterocycles. The smallest absolute Gasteiger partial charge is 0.0843 e. The number of benzene rings is 1. The molecular formula is C13H9Br3OS. The average molecular weight is 453 g/mol. The van der Waals surface area contributed by atoms with Gasteiger partial charge in [-0.2, -0.15) is 0 Å². The lowest BCUT2D eigenvalue weighted by Gasteiger charge is -2.09. The van der Waals surface area contributed by atoms with Crippen molar-refractivity contribution >= 4 is 59.1 Å². The first kappa shape index (κ1) is 13.3. The third-order valence-corrected chi connectivity index (χ3v) is 7.60. The van der Waals surface area contributed by atoms with E-state index in [4.69, 9.17) is 4.74 Å². The van der Waals surface area contributed by atoms with E-state index < -0.39 is 0 Å². The third-order valence-electron chi connectivity index (χ3n) is 2.95. The highest BCUT2D eigenvalue weighted by Gasteiger charge is 2.18. The van der Waals surface area contributed by atoms with E-state index in [1.165, 1.54) is 21.6 Å². The Morgan fingerprint density at radius 2 is 1.89 bits per heavy atom. The van der Waals surface area contributed by atoms with Gasteiger partial charge in [-0.05, 0) is 54.6 Å². The zero-order chi connectivity index (χ0) is 12.7. The number of ether oxygens (including phenoxy) is 1. The quantitative estimate of drug-likeness (QED) is 0.524. The van der Waals surface area contributed by atoms with Crippen molar-refractivity contribution in [1.82, 2.24) is 0 Å². The molecular weight excluding hydrogens is 444 g/mol. The topological polar surface area (TPSA) is 9.23 Å². The van der Waals surface area contributed by atoms with Crippen LogP contribution in [-0.4, -0.2) is 0 Å². The summed E-state index contributed by atoms with van der Waals surface area (Å²) in [4.78, 5) is 1.52. The number of thiophene rings is 1. The predicted octanol–water partition coefficient (Wildman–Crippen LogP) is 5.79. The Kier molecular flexibility index (Phi) is 3.97. The van der Waals surface area contributed by atoms with Crippen LogP contribution in [0.2, 0.25) is 0 Å². The Morgan fingerprint density at radius 1 is 1.11 bits per heavy atom. The molecule has 5 heteroatoms. The summed E-state index contributed by atoms with van der Waals surface area (Å²) in [5, 5.41) is 0. The lowest BCUT2D eigenvalue weighted by atomic mass is 10.0. The van der Waals surface area contributed by atoms with E-state index in [-0.39, 0.29) is 4.83 Å². The molecule has 0 saturated carbocycles. The first-order valence-electron chi connectivity index (χ1n) is 5.43. The fourth-order valence-electron chi connectivity index (χ4n) is 2.00. The standard InChI is InChI=1S/C13H9Br3OS/c14-10-4-11(18-13(10)16)12(15)7-1-2-8-5-17-6-9(8)3-7/h1-4,12H,5-6H2. The fraction of sp³-hybridized carbons (Fsp3) is 0.231. The van der Waals surface area contributed by atoms with Gasteiger partial charge in [-0.3, -0.25) is 0 Å². The van der Waals surface area contributed by atoms with Crippen molar-refractivity contribution in [2.45, 2.75) is 18.0 Å². The molecule has 1 aliphatic rings. The molecule has 1 aromatic heterocycles. The molecule has 1 aliphatic heterocycles. The van der Waals surface area contributed by atoms with Crippen molar-refractivity contribution in [2.24, 2.45) is 0 Å². The molecule has 1 atom stereocenters. The molecule has 1 aromatic carbocycles. The van der Waals surface area contributed by atoms with E-state index in [2.05, 4.69) is 72.1 Å². The summed E-state index contributed by atoms with van der Waals surface area (Å²) < 4.78 is 7.69. The Morgan fingerprint density at radius 3 is 2.61 bits per heavy atom. The molecule has 18 heavy (non-hydrogen) atoms. The molecule has 0 fully saturated rings. The maximum absolute atomic E-state index is 5.45. The van der Waals surface area contributed by atoms with Crippen LogP contribution >= 0.6 is 59.1 Å². The average Bonchev–Trinajstić information content (AvgIpc) is 2.95. The lowest BCUT2D eigenvalue weighted by molar-refractivity contribution is 0.134. The second kappa shape index (κ2) is 5.37. The molecule has 2 aromatic rings. The normalized spacial score (nSPS) is 15.7. The van der Waals surface area contributed by atoms with Gasteiger partial charge in [0.05, 0.1) is 21.8 Å². The van der Waals surface area contributed by atoms with Gasteiger partial charge in [0, 0.05) is 9.35 Å². The van der Waals surface area contributed by atoms with Crippen LogP contribution in [0.15, 0.2) is 32.5 Å². The van der Waals surface area contributed by atoms with Crippen LogP contribution in [0.1, 0.15) is 26.4 Å². The summed E-state index contributed by atoms with van der Waals surface area (Å²) in [6.07, 6.45) is 0. The zero-order valence-corrected chi connectivity index (χ0v) is 14.8. The monoisotopic (exact) mass is 450 g/mol. The van der Waals surface area contributed by atoms with Crippen LogP contribution in [0.3, 0.4) is 0 Å². The van der Waals surface area contributed by atoms with Gasteiger partial charge in [0.15, 0.2) is 0 Å². The van der Waals surface area contributed by atoms with E-state index in [9.17, 15) is 0 Å². The lowest BCUT2D eigenvalue weighted by Crippen LogP contribution is -1.92. The van der Waals surface area contributed by atoms with E-state index in [0.29, 0.717) is 0 Å². The van der Waals surface area contributed by atoms with Gasteiger partial charge in [-0.25, -0.2) is 0 Å². The predicted molar refractivity (Wildman–Crippen MR) is 85.4 cm³/mol. The van der Waals surface area contributed by atoms with Crippen molar-refractivity contribution in [3.05, 3.63) is 54.1 Å². The second-order valence-electron chi connectivity index (χ2n) is 4.15. The van der Waals surface area contributed by atoms with Crippen LogP contribution < -0.4 is 0 Å². The Hall–Kier alpha value is 0.320. The maximum Gasteiger partial charge on any atom is 0.0843 e. The molecule has 0 aliphatic carbocycles. The van der Waals surface area contributed by atoms with Crippen molar-refractivity contribution in [2.75, 3.05) is 0 Å². The van der Waals surface area contributed by atoms with Crippen molar-refractivity contribution < 1.29 is 4.74 Å². The first-order chi connectivity index (χ1) is 8.65. The summed E-state index contributed by atoms with van der Waals surface area (Å²) >= 11 is 12.6. The maximum atomic E-state index is 5.45. The van der Waals surface area contributed by atoms with Crippen LogP contribution in [0.25, 0.3) is 0 Å². The summed E-state index contributed by atoms with van der Waals surface area (Å²) in [6.45, 7) is 1.49. The van der Waals surface area contributed by atoms with Crippen LogP contribution in [0, 0.1) is 0 Å². The largest absolute Gasteiger partial charge is 0.372 e. The third kappa shape index (κ3) is 2.48. The van der Waals surface area contributed by atoms with E-state index in [1.807, 2.05) is 0 Å². The molecule has 0 amide bonds. The van der Waals surface area contributed by atoms with Crippen molar-refractivity contribution in [1.29, 1.82) is 0 Å². The number of fused-ring (bicyclic) bond motifs is 1. The first-order valence-corrected chi connectivity index (χ1v) is 8.75. The Bertz CT molecular complexity index is 574. The molecule has 0 spiro atoms. The van der Waals surface area contributed by atoms with Gasteiger partial charge in [-0.15, -0.1) is 11.3 Å². The van der Waals surface area contributed by atoms with Gasteiger partial charge in [0.2, 0.25) is 0 Å². The molecule has 1 nitrogen and oxygen atoms in total. The summed E-state index contributed by atoms with van der Waals surface area (Å²) in [5.41, 5.74) is 3.90. The zero-order valence-electron chi connectivity index (χ0n) is 9.25. The molecule has 0 bridgehead atoms. The molecule has 1 unspecified atom stereocenters. The van der Waals surface area contributed by atoms with Gasteiger partial charge in [0.25, 0.3) is 0 Å². The highest BCUT2D eigenvalue weighted by molar-refractivity contribution is 9.13. The minimum absolute atomic E-state index is 0.232. The van der Waals surface area contributed by atoms with Crippen molar-refractivity contribution in [3.63, 3.8) is 0 Å². The van der Waals surface area contributed by atoms with Gasteiger partial charge in [-0.1, -0.05) is 34.1 Å². The Balaban J connectivity index is 1.94.